The Hall–Kier alpha value is -3.88. The van der Waals surface area contributed by atoms with Gasteiger partial charge < -0.3 is 24.5 Å². The fraction of sp³-hybridized carbons (Fsp3) is 0.333. The maximum Gasteiger partial charge on any atom is 0.253 e. The van der Waals surface area contributed by atoms with Crippen molar-refractivity contribution in [3.63, 3.8) is 0 Å². The second-order valence-corrected chi connectivity index (χ2v) is 7.95. The number of carbonyl (C=O) groups excluding carboxylic acids is 2. The minimum atomic E-state index is -0.464. The number of pyridine rings is 1. The Kier molecular flexibility index (Phi) is 6.87. The molecule has 1 aliphatic heterocycles. The van der Waals surface area contributed by atoms with Gasteiger partial charge in [0.15, 0.2) is 5.89 Å². The number of methoxy groups -OCH3 is 1. The van der Waals surface area contributed by atoms with Crippen molar-refractivity contribution < 1.29 is 23.8 Å². The number of ether oxygens (including phenoxy) is 1. The van der Waals surface area contributed by atoms with E-state index in [1.807, 2.05) is 24.3 Å². The lowest BCUT2D eigenvalue weighted by Gasteiger charge is -2.31. The molecule has 9 heteroatoms. The largest absolute Gasteiger partial charge is 0.506 e. The zero-order valence-electron chi connectivity index (χ0n) is 18.4. The van der Waals surface area contributed by atoms with Gasteiger partial charge in [-0.2, -0.15) is 0 Å². The summed E-state index contributed by atoms with van der Waals surface area (Å²) in [5.74, 6) is 1.41. The number of oxazole rings is 1. The molecule has 1 fully saturated rings. The molecule has 172 valence electrons. The van der Waals surface area contributed by atoms with Gasteiger partial charge in [-0.1, -0.05) is 18.2 Å². The highest BCUT2D eigenvalue weighted by atomic mass is 16.5. The van der Waals surface area contributed by atoms with E-state index in [0.717, 1.165) is 29.9 Å². The van der Waals surface area contributed by atoms with Gasteiger partial charge in [0.05, 0.1) is 37.5 Å². The summed E-state index contributed by atoms with van der Waals surface area (Å²) in [6, 6.07) is 9.07. The average molecular weight is 450 g/mol. The summed E-state index contributed by atoms with van der Waals surface area (Å²) in [5, 5.41) is 12.0. The van der Waals surface area contributed by atoms with Crippen molar-refractivity contribution >= 4 is 11.8 Å². The van der Waals surface area contributed by atoms with Gasteiger partial charge in [0.1, 0.15) is 17.3 Å². The molecule has 3 heterocycles. The van der Waals surface area contributed by atoms with Crippen LogP contribution in [0.15, 0.2) is 53.3 Å². The number of amides is 2. The number of aromatic hydroxyl groups is 1. The highest BCUT2D eigenvalue weighted by Crippen LogP contribution is 2.28. The van der Waals surface area contributed by atoms with Crippen molar-refractivity contribution in [1.29, 1.82) is 0 Å². The second kappa shape index (κ2) is 10.2. The predicted octanol–water partition coefficient (Wildman–Crippen LogP) is 2.51. The van der Waals surface area contributed by atoms with Crippen molar-refractivity contribution in [2.24, 2.45) is 0 Å². The number of benzene rings is 1. The minimum Gasteiger partial charge on any atom is -0.506 e. The molecule has 9 nitrogen and oxygen atoms in total. The molecule has 2 amide bonds. The molecule has 4 rings (SSSR count). The smallest absolute Gasteiger partial charge is 0.253 e. The first kappa shape index (κ1) is 22.3. The number of para-hydroxylation sites is 1. The number of likely N-dealkylation sites (tertiary alicyclic amines) is 1. The Morgan fingerprint density at radius 2 is 2.12 bits per heavy atom. The van der Waals surface area contributed by atoms with Crippen molar-refractivity contribution in [2.45, 2.75) is 25.2 Å². The van der Waals surface area contributed by atoms with E-state index >= 15 is 0 Å². The molecule has 1 aromatic carbocycles. The third-order valence-electron chi connectivity index (χ3n) is 5.64. The lowest BCUT2D eigenvalue weighted by Crippen LogP contribution is -2.44. The Morgan fingerprint density at radius 1 is 1.27 bits per heavy atom. The van der Waals surface area contributed by atoms with Gasteiger partial charge >= 0.3 is 0 Å². The SMILES string of the molecule is COc1ccccc1Cc1cnc(C2CCCN(C(=O)CNC(=O)c3cncc(O)c3)C2)o1. The molecule has 2 aromatic heterocycles. The molecule has 0 bridgehead atoms. The first-order chi connectivity index (χ1) is 16.0. The fourth-order valence-corrected chi connectivity index (χ4v) is 3.96. The highest BCUT2D eigenvalue weighted by Gasteiger charge is 2.28. The molecule has 0 radical (unpaired) electrons. The van der Waals surface area contributed by atoms with Crippen LogP contribution in [0.3, 0.4) is 0 Å². The van der Waals surface area contributed by atoms with E-state index in [2.05, 4.69) is 15.3 Å². The molecule has 3 aromatic rings. The van der Waals surface area contributed by atoms with Crippen LogP contribution in [-0.4, -0.2) is 58.5 Å². The van der Waals surface area contributed by atoms with Crippen molar-refractivity contribution in [2.75, 3.05) is 26.7 Å². The van der Waals surface area contributed by atoms with Gasteiger partial charge in [-0.25, -0.2) is 4.98 Å². The number of nitrogens with zero attached hydrogens (tertiary/aromatic N) is 3. The molecule has 1 atom stereocenters. The van der Waals surface area contributed by atoms with Gasteiger partial charge in [0.25, 0.3) is 5.91 Å². The van der Waals surface area contributed by atoms with E-state index in [4.69, 9.17) is 9.15 Å². The third-order valence-corrected chi connectivity index (χ3v) is 5.64. The number of nitrogens with one attached hydrogen (secondary N) is 1. The topological polar surface area (TPSA) is 118 Å². The Balaban J connectivity index is 1.33. The standard InChI is InChI=1S/C24H26N4O5/c1-32-21-7-3-2-5-16(21)10-20-13-27-24(33-20)17-6-4-8-28(15-17)22(30)14-26-23(31)18-9-19(29)12-25-11-18/h2-3,5,7,9,11-13,17,29H,4,6,8,10,14-15H2,1H3,(H,26,31). The molecule has 2 N–H and O–H groups in total. The molecule has 0 spiro atoms. The van der Waals surface area contributed by atoms with Crippen LogP contribution in [0.1, 0.15) is 46.3 Å². The Morgan fingerprint density at radius 3 is 2.94 bits per heavy atom. The van der Waals surface area contributed by atoms with E-state index in [0.29, 0.717) is 25.4 Å². The van der Waals surface area contributed by atoms with Gasteiger partial charge in [0, 0.05) is 31.3 Å². The lowest BCUT2D eigenvalue weighted by molar-refractivity contribution is -0.131. The predicted molar refractivity (Wildman–Crippen MR) is 119 cm³/mol. The zero-order chi connectivity index (χ0) is 23.2. The Labute approximate surface area is 191 Å². The highest BCUT2D eigenvalue weighted by molar-refractivity contribution is 5.96. The first-order valence-electron chi connectivity index (χ1n) is 10.8. The number of piperidine rings is 1. The third kappa shape index (κ3) is 5.49. The van der Waals surface area contributed by atoms with Crippen LogP contribution in [0.4, 0.5) is 0 Å². The molecule has 1 unspecified atom stereocenters. The quantitative estimate of drug-likeness (QED) is 0.568. The summed E-state index contributed by atoms with van der Waals surface area (Å²) in [7, 11) is 1.64. The number of carbonyl (C=O) groups is 2. The molecule has 1 saturated heterocycles. The van der Waals surface area contributed by atoms with E-state index in [1.165, 1.54) is 18.5 Å². The number of rotatable bonds is 7. The van der Waals surface area contributed by atoms with Crippen molar-refractivity contribution in [3.05, 3.63) is 71.7 Å². The first-order valence-corrected chi connectivity index (χ1v) is 10.8. The molecule has 1 aliphatic rings. The van der Waals surface area contributed by atoms with Crippen molar-refractivity contribution in [1.82, 2.24) is 20.2 Å². The van der Waals surface area contributed by atoms with Crippen LogP contribution in [-0.2, 0) is 11.2 Å². The minimum absolute atomic E-state index is 0.0000842. The summed E-state index contributed by atoms with van der Waals surface area (Å²) in [5.41, 5.74) is 1.21. The summed E-state index contributed by atoms with van der Waals surface area (Å²) >= 11 is 0. The van der Waals surface area contributed by atoms with Gasteiger partial charge in [0.2, 0.25) is 5.91 Å². The van der Waals surface area contributed by atoms with Crippen LogP contribution < -0.4 is 10.1 Å². The summed E-state index contributed by atoms with van der Waals surface area (Å²) in [6.07, 6.45) is 6.57. The van der Waals surface area contributed by atoms with Gasteiger partial charge in [-0.05, 0) is 25.0 Å². The van der Waals surface area contributed by atoms with E-state index in [9.17, 15) is 14.7 Å². The molecule has 0 saturated carbocycles. The van der Waals surface area contributed by atoms with Crippen LogP contribution in [0, 0.1) is 0 Å². The van der Waals surface area contributed by atoms with Crippen molar-refractivity contribution in [3.8, 4) is 11.5 Å². The van der Waals surface area contributed by atoms with Crippen LogP contribution in [0.2, 0.25) is 0 Å². The maximum absolute atomic E-state index is 12.7. The zero-order valence-corrected chi connectivity index (χ0v) is 18.4. The fourth-order valence-electron chi connectivity index (χ4n) is 3.96. The summed E-state index contributed by atoms with van der Waals surface area (Å²) in [6.45, 7) is 0.969. The van der Waals surface area contributed by atoms with E-state index in [-0.39, 0.29) is 29.7 Å². The number of hydrogen-bond donors (Lipinski definition) is 2. The van der Waals surface area contributed by atoms with E-state index < -0.39 is 5.91 Å². The monoisotopic (exact) mass is 450 g/mol. The molecular weight excluding hydrogens is 424 g/mol. The lowest BCUT2D eigenvalue weighted by atomic mass is 9.98. The Bertz CT molecular complexity index is 1130. The molecule has 0 aliphatic carbocycles. The molecule has 33 heavy (non-hydrogen) atoms. The molecular formula is C24H26N4O5. The second-order valence-electron chi connectivity index (χ2n) is 7.95. The number of aromatic nitrogens is 2. The number of hydrogen-bond acceptors (Lipinski definition) is 7. The van der Waals surface area contributed by atoms with Gasteiger partial charge in [-0.15, -0.1) is 0 Å². The van der Waals surface area contributed by atoms with E-state index in [1.54, 1.807) is 18.2 Å². The average Bonchev–Trinajstić information content (AvgIpc) is 3.31. The van der Waals surface area contributed by atoms with Crippen LogP contribution >= 0.6 is 0 Å². The maximum atomic E-state index is 12.7. The van der Waals surface area contributed by atoms with Crippen LogP contribution in [0.5, 0.6) is 11.5 Å². The normalized spacial score (nSPS) is 15.8. The van der Waals surface area contributed by atoms with Gasteiger partial charge in [-0.3, -0.25) is 14.6 Å². The van der Waals surface area contributed by atoms with Crippen LogP contribution in [0.25, 0.3) is 0 Å². The summed E-state index contributed by atoms with van der Waals surface area (Å²) in [4.78, 5) is 34.8. The summed E-state index contributed by atoms with van der Waals surface area (Å²) < 4.78 is 11.4.